The fourth-order valence-corrected chi connectivity index (χ4v) is 4.81. The Labute approximate surface area is 203 Å². The number of amides is 1. The molecular weight excluding hydrogens is 470 g/mol. The molecule has 166 valence electrons. The quantitative estimate of drug-likeness (QED) is 0.141. The Morgan fingerprint density at radius 2 is 1.76 bits per heavy atom. The first-order valence-corrected chi connectivity index (χ1v) is 11.4. The Morgan fingerprint density at radius 1 is 1.00 bits per heavy atom. The Bertz CT molecular complexity index is 1460. The van der Waals surface area contributed by atoms with Crippen molar-refractivity contribution in [3.8, 4) is 11.6 Å². The molecule has 1 aromatic heterocycles. The van der Waals surface area contributed by atoms with Crippen molar-refractivity contribution in [3.63, 3.8) is 0 Å². The summed E-state index contributed by atoms with van der Waals surface area (Å²) < 4.78 is 6.12. The van der Waals surface area contributed by atoms with E-state index in [0.717, 1.165) is 28.2 Å². The van der Waals surface area contributed by atoms with Gasteiger partial charge in [0.1, 0.15) is 11.9 Å². The van der Waals surface area contributed by atoms with E-state index in [4.69, 9.17) is 17.0 Å². The third kappa shape index (κ3) is 4.26. The van der Waals surface area contributed by atoms with Gasteiger partial charge in [-0.15, -0.1) is 0 Å². The van der Waals surface area contributed by atoms with E-state index in [1.54, 1.807) is 23.1 Å². The van der Waals surface area contributed by atoms with Crippen LogP contribution < -0.4 is 9.64 Å². The number of carbonyl (C=O) groups is 1. The van der Waals surface area contributed by atoms with E-state index in [-0.39, 0.29) is 17.5 Å². The number of carbonyl (C=O) groups excluding carboxylic acids is 1. The number of thiocarbonyl (C=S) groups is 1. The predicted octanol–water partition coefficient (Wildman–Crippen LogP) is 6.34. The highest BCUT2D eigenvalue weighted by atomic mass is 32.2. The summed E-state index contributed by atoms with van der Waals surface area (Å²) in [5, 5.41) is 12.7. The number of nitrogens with zero attached hydrogens (tertiary/aromatic N) is 3. The first kappa shape index (κ1) is 21.7. The summed E-state index contributed by atoms with van der Waals surface area (Å²) in [6.45, 7) is 0. The van der Waals surface area contributed by atoms with Crippen molar-refractivity contribution >= 4 is 62.4 Å². The monoisotopic (exact) mass is 485 g/mol. The number of fused-ring (bicyclic) bond motifs is 1. The van der Waals surface area contributed by atoms with E-state index < -0.39 is 4.92 Å². The van der Waals surface area contributed by atoms with E-state index in [1.807, 2.05) is 54.6 Å². The molecular formula is C25H15N3O4S2. The standard InChI is InChI=1S/C25H15N3O4S2/c29-24-22(34-25(33)27(24)21-7-3-5-17-4-1-2-6-20(17)21)14-16-8-11-19(12-9-16)32-23-13-10-18(15-26-23)28(30)31/h1-15H/b22-14+. The number of benzene rings is 3. The molecule has 0 bridgehead atoms. The molecule has 5 rings (SSSR count). The Morgan fingerprint density at radius 3 is 2.50 bits per heavy atom. The molecule has 2 heterocycles. The van der Waals surface area contributed by atoms with Gasteiger partial charge in [0.25, 0.3) is 11.6 Å². The van der Waals surface area contributed by atoms with Crippen LogP contribution in [0.25, 0.3) is 16.8 Å². The van der Waals surface area contributed by atoms with Crippen LogP contribution in [0.2, 0.25) is 0 Å². The number of ether oxygens (including phenoxy) is 1. The molecule has 9 heteroatoms. The van der Waals surface area contributed by atoms with Gasteiger partial charge in [-0.1, -0.05) is 72.5 Å². The maximum atomic E-state index is 13.2. The first-order valence-electron chi connectivity index (χ1n) is 10.1. The van der Waals surface area contributed by atoms with Gasteiger partial charge in [0.2, 0.25) is 5.88 Å². The van der Waals surface area contributed by atoms with Gasteiger partial charge in [0.15, 0.2) is 4.32 Å². The molecule has 0 saturated carbocycles. The fraction of sp³-hybridized carbons (Fsp3) is 0. The molecule has 0 radical (unpaired) electrons. The summed E-state index contributed by atoms with van der Waals surface area (Å²) in [7, 11) is 0. The number of nitro groups is 1. The molecule has 0 N–H and O–H groups in total. The second-order valence-electron chi connectivity index (χ2n) is 7.30. The molecule has 0 unspecified atom stereocenters. The molecule has 7 nitrogen and oxygen atoms in total. The highest BCUT2D eigenvalue weighted by molar-refractivity contribution is 8.27. The van der Waals surface area contributed by atoms with Gasteiger partial charge in [-0.05, 0) is 35.2 Å². The Kier molecular flexibility index (Phi) is 5.79. The van der Waals surface area contributed by atoms with Crippen molar-refractivity contribution in [2.24, 2.45) is 0 Å². The molecule has 34 heavy (non-hydrogen) atoms. The van der Waals surface area contributed by atoms with E-state index >= 15 is 0 Å². The molecule has 1 aliphatic rings. The molecule has 1 fully saturated rings. The van der Waals surface area contributed by atoms with Gasteiger partial charge in [-0.2, -0.15) is 0 Å². The van der Waals surface area contributed by atoms with Gasteiger partial charge >= 0.3 is 0 Å². The van der Waals surface area contributed by atoms with Crippen LogP contribution in [-0.2, 0) is 4.79 Å². The van der Waals surface area contributed by atoms with E-state index in [9.17, 15) is 14.9 Å². The third-order valence-corrected chi connectivity index (χ3v) is 6.44. The van der Waals surface area contributed by atoms with E-state index in [0.29, 0.717) is 15.0 Å². The molecule has 3 aromatic carbocycles. The molecule has 4 aromatic rings. The number of hydrogen-bond donors (Lipinski definition) is 0. The van der Waals surface area contributed by atoms with Gasteiger partial charge < -0.3 is 4.74 Å². The van der Waals surface area contributed by atoms with Crippen LogP contribution in [-0.4, -0.2) is 20.1 Å². The summed E-state index contributed by atoms with van der Waals surface area (Å²) in [5.74, 6) is 0.595. The van der Waals surface area contributed by atoms with Crippen LogP contribution in [0.15, 0.2) is 90.0 Å². The largest absolute Gasteiger partial charge is 0.439 e. The average molecular weight is 486 g/mol. The number of aromatic nitrogens is 1. The molecule has 1 saturated heterocycles. The van der Waals surface area contributed by atoms with Crippen LogP contribution in [0.5, 0.6) is 11.6 Å². The zero-order valence-electron chi connectivity index (χ0n) is 17.5. The topological polar surface area (TPSA) is 85.6 Å². The molecule has 1 amide bonds. The molecule has 0 spiro atoms. The zero-order valence-corrected chi connectivity index (χ0v) is 19.1. The van der Waals surface area contributed by atoms with Crippen molar-refractivity contribution in [1.82, 2.24) is 4.98 Å². The first-order chi connectivity index (χ1) is 16.5. The number of thioether (sulfide) groups is 1. The van der Waals surface area contributed by atoms with E-state index in [2.05, 4.69) is 4.98 Å². The van der Waals surface area contributed by atoms with Crippen molar-refractivity contribution in [2.45, 2.75) is 0 Å². The van der Waals surface area contributed by atoms with Crippen LogP contribution in [0.4, 0.5) is 11.4 Å². The van der Waals surface area contributed by atoms with Crippen LogP contribution in [0.3, 0.4) is 0 Å². The minimum Gasteiger partial charge on any atom is -0.439 e. The normalized spacial score (nSPS) is 14.7. The van der Waals surface area contributed by atoms with Crippen LogP contribution in [0, 0.1) is 10.1 Å². The fourth-order valence-electron chi connectivity index (χ4n) is 3.52. The van der Waals surface area contributed by atoms with Gasteiger partial charge in [0.05, 0.1) is 15.5 Å². The highest BCUT2D eigenvalue weighted by Crippen LogP contribution is 2.39. The van der Waals surface area contributed by atoms with Gasteiger partial charge in [0, 0.05) is 17.5 Å². The van der Waals surface area contributed by atoms with Crippen LogP contribution >= 0.6 is 24.0 Å². The lowest BCUT2D eigenvalue weighted by atomic mass is 10.1. The second kappa shape index (κ2) is 9.05. The lowest BCUT2D eigenvalue weighted by molar-refractivity contribution is -0.385. The average Bonchev–Trinajstić information content (AvgIpc) is 3.12. The zero-order chi connectivity index (χ0) is 23.7. The number of hydrogen-bond acceptors (Lipinski definition) is 7. The summed E-state index contributed by atoms with van der Waals surface area (Å²) in [5.41, 5.74) is 1.47. The van der Waals surface area contributed by atoms with Crippen molar-refractivity contribution in [3.05, 3.63) is 106 Å². The van der Waals surface area contributed by atoms with Gasteiger partial charge in [-0.25, -0.2) is 4.98 Å². The van der Waals surface area contributed by atoms with Gasteiger partial charge in [-0.3, -0.25) is 19.8 Å². The molecule has 0 aliphatic carbocycles. The lowest BCUT2D eigenvalue weighted by Gasteiger charge is -2.17. The van der Waals surface area contributed by atoms with E-state index in [1.165, 1.54) is 23.9 Å². The Balaban J connectivity index is 1.35. The highest BCUT2D eigenvalue weighted by Gasteiger charge is 2.34. The minimum absolute atomic E-state index is 0.108. The van der Waals surface area contributed by atoms with Crippen molar-refractivity contribution in [1.29, 1.82) is 0 Å². The SMILES string of the molecule is O=C1/C(=C\c2ccc(Oc3ccc([N+](=O)[O-])cn3)cc2)SC(=S)N1c1cccc2ccccc12. The second-order valence-corrected chi connectivity index (χ2v) is 8.97. The summed E-state index contributed by atoms with van der Waals surface area (Å²) >= 11 is 6.80. The number of rotatable bonds is 5. The predicted molar refractivity (Wildman–Crippen MR) is 137 cm³/mol. The van der Waals surface area contributed by atoms with Crippen LogP contribution in [0.1, 0.15) is 5.56 Å². The number of anilines is 1. The summed E-state index contributed by atoms with van der Waals surface area (Å²) in [4.78, 5) is 29.5. The lowest BCUT2D eigenvalue weighted by Crippen LogP contribution is -2.27. The Hall–Kier alpha value is -4.08. The maximum Gasteiger partial charge on any atom is 0.287 e. The minimum atomic E-state index is -0.519. The smallest absolute Gasteiger partial charge is 0.287 e. The van der Waals surface area contributed by atoms with Crippen molar-refractivity contribution < 1.29 is 14.5 Å². The number of pyridine rings is 1. The molecule has 1 aliphatic heterocycles. The summed E-state index contributed by atoms with van der Waals surface area (Å²) in [6, 6.07) is 23.6. The third-order valence-electron chi connectivity index (χ3n) is 5.13. The summed E-state index contributed by atoms with van der Waals surface area (Å²) in [6.07, 6.45) is 2.93. The maximum absolute atomic E-state index is 13.2. The molecule has 0 atom stereocenters. The van der Waals surface area contributed by atoms with Crippen molar-refractivity contribution in [2.75, 3.05) is 4.90 Å².